The zero-order chi connectivity index (χ0) is 12.5. The molecular formula is C10H16BrN3O2S. The lowest BCUT2D eigenvalue weighted by atomic mass is 10.1. The number of aryl methyl sites for hydroxylation is 1. The second-order valence-electron chi connectivity index (χ2n) is 4.61. The summed E-state index contributed by atoms with van der Waals surface area (Å²) in [6.07, 6.45) is 6.10. The summed E-state index contributed by atoms with van der Waals surface area (Å²) in [6.45, 7) is 0.524. The van der Waals surface area contributed by atoms with Crippen LogP contribution in [0.25, 0.3) is 0 Å². The largest absolute Gasteiger partial charge is 0.274 e. The van der Waals surface area contributed by atoms with Crippen LogP contribution in [0.15, 0.2) is 17.3 Å². The van der Waals surface area contributed by atoms with Gasteiger partial charge in [-0.05, 0) is 24.7 Å². The molecule has 0 spiro atoms. The van der Waals surface area contributed by atoms with E-state index in [0.717, 1.165) is 24.6 Å². The summed E-state index contributed by atoms with van der Waals surface area (Å²) in [5, 5.41) is 4.79. The SMILES string of the molecule is Cn1cc(S(=O)(=O)NCC2(CCBr)CC2)cn1. The molecule has 1 saturated carbocycles. The second kappa shape index (κ2) is 4.70. The van der Waals surface area contributed by atoms with Gasteiger partial charge in [0.15, 0.2) is 0 Å². The van der Waals surface area contributed by atoms with Crippen LogP contribution in [0.5, 0.6) is 0 Å². The number of hydrogen-bond acceptors (Lipinski definition) is 3. The van der Waals surface area contributed by atoms with Crippen LogP contribution in [0.4, 0.5) is 0 Å². The summed E-state index contributed by atoms with van der Waals surface area (Å²) in [4.78, 5) is 0.231. The highest BCUT2D eigenvalue weighted by Gasteiger charge is 2.42. The fourth-order valence-electron chi connectivity index (χ4n) is 1.76. The Balaban J connectivity index is 1.99. The quantitative estimate of drug-likeness (QED) is 0.802. The van der Waals surface area contributed by atoms with Gasteiger partial charge in [-0.25, -0.2) is 13.1 Å². The van der Waals surface area contributed by atoms with E-state index < -0.39 is 10.0 Å². The third-order valence-electron chi connectivity index (χ3n) is 3.21. The number of hydrogen-bond donors (Lipinski definition) is 1. The Morgan fingerprint density at radius 2 is 2.29 bits per heavy atom. The number of sulfonamides is 1. The molecule has 0 saturated heterocycles. The first-order valence-corrected chi connectivity index (χ1v) is 8.12. The lowest BCUT2D eigenvalue weighted by molar-refractivity contribution is 0.480. The zero-order valence-corrected chi connectivity index (χ0v) is 12.1. The van der Waals surface area contributed by atoms with Gasteiger partial charge in [0.25, 0.3) is 0 Å². The molecule has 0 aliphatic heterocycles. The lowest BCUT2D eigenvalue weighted by Gasteiger charge is -2.13. The van der Waals surface area contributed by atoms with Crippen LogP contribution in [0.2, 0.25) is 0 Å². The minimum atomic E-state index is -3.40. The van der Waals surface area contributed by atoms with E-state index in [1.54, 1.807) is 7.05 Å². The number of aromatic nitrogens is 2. The normalized spacial score (nSPS) is 18.2. The molecule has 1 aromatic rings. The van der Waals surface area contributed by atoms with E-state index in [2.05, 4.69) is 25.8 Å². The molecule has 0 amide bonds. The number of alkyl halides is 1. The van der Waals surface area contributed by atoms with Crippen LogP contribution >= 0.6 is 15.9 Å². The molecule has 0 radical (unpaired) electrons. The van der Waals surface area contributed by atoms with E-state index >= 15 is 0 Å². The van der Waals surface area contributed by atoms with E-state index in [-0.39, 0.29) is 10.3 Å². The van der Waals surface area contributed by atoms with Crippen LogP contribution in [0.3, 0.4) is 0 Å². The van der Waals surface area contributed by atoms with Crippen molar-refractivity contribution in [2.24, 2.45) is 12.5 Å². The molecule has 7 heteroatoms. The molecule has 96 valence electrons. The Kier molecular flexibility index (Phi) is 3.61. The molecule has 5 nitrogen and oxygen atoms in total. The van der Waals surface area contributed by atoms with Gasteiger partial charge in [0, 0.05) is 25.1 Å². The van der Waals surface area contributed by atoms with Crippen molar-refractivity contribution in [1.82, 2.24) is 14.5 Å². The molecule has 17 heavy (non-hydrogen) atoms. The van der Waals surface area contributed by atoms with Gasteiger partial charge in [0.1, 0.15) is 4.90 Å². The van der Waals surface area contributed by atoms with Crippen molar-refractivity contribution < 1.29 is 8.42 Å². The van der Waals surface area contributed by atoms with Gasteiger partial charge < -0.3 is 0 Å². The molecule has 0 unspecified atom stereocenters. The minimum absolute atomic E-state index is 0.179. The van der Waals surface area contributed by atoms with Gasteiger partial charge in [0.2, 0.25) is 10.0 Å². The van der Waals surface area contributed by atoms with Crippen LogP contribution in [0.1, 0.15) is 19.3 Å². The van der Waals surface area contributed by atoms with Crippen molar-refractivity contribution in [3.05, 3.63) is 12.4 Å². The van der Waals surface area contributed by atoms with Gasteiger partial charge >= 0.3 is 0 Å². The summed E-state index contributed by atoms with van der Waals surface area (Å²) in [6, 6.07) is 0. The van der Waals surface area contributed by atoms with Gasteiger partial charge in [-0.2, -0.15) is 5.10 Å². The number of nitrogens with one attached hydrogen (secondary N) is 1. The summed E-state index contributed by atoms with van der Waals surface area (Å²) >= 11 is 3.40. The first-order valence-electron chi connectivity index (χ1n) is 5.52. The maximum absolute atomic E-state index is 11.9. The molecule has 0 atom stereocenters. The Labute approximate surface area is 110 Å². The summed E-state index contributed by atoms with van der Waals surface area (Å²) in [7, 11) is -1.70. The molecule has 1 fully saturated rings. The van der Waals surface area contributed by atoms with Crippen molar-refractivity contribution in [2.45, 2.75) is 24.2 Å². The zero-order valence-electron chi connectivity index (χ0n) is 9.69. The summed E-state index contributed by atoms with van der Waals surface area (Å²) in [5.74, 6) is 0. The average Bonchev–Trinajstić information content (AvgIpc) is 2.89. The third kappa shape index (κ3) is 3.08. The summed E-state index contributed by atoms with van der Waals surface area (Å²) < 4.78 is 28.1. The molecule has 1 heterocycles. The predicted octanol–water partition coefficient (Wildman–Crippen LogP) is 1.26. The lowest BCUT2D eigenvalue weighted by Crippen LogP contribution is -2.30. The van der Waals surface area contributed by atoms with Crippen molar-refractivity contribution in [3.63, 3.8) is 0 Å². The molecule has 0 bridgehead atoms. The smallest absolute Gasteiger partial charge is 0.243 e. The number of halogens is 1. The monoisotopic (exact) mass is 321 g/mol. The number of rotatable bonds is 6. The molecule has 1 N–H and O–H groups in total. The van der Waals surface area contributed by atoms with Gasteiger partial charge in [-0.15, -0.1) is 0 Å². The molecular weight excluding hydrogens is 306 g/mol. The van der Waals surface area contributed by atoms with Crippen molar-refractivity contribution in [2.75, 3.05) is 11.9 Å². The van der Waals surface area contributed by atoms with E-state index in [0.29, 0.717) is 6.54 Å². The Bertz CT molecular complexity index is 493. The van der Waals surface area contributed by atoms with E-state index in [1.807, 2.05) is 0 Å². The fourth-order valence-corrected chi connectivity index (χ4v) is 3.74. The van der Waals surface area contributed by atoms with E-state index in [1.165, 1.54) is 17.1 Å². The third-order valence-corrected chi connectivity index (χ3v) is 4.96. The Hall–Kier alpha value is -0.400. The second-order valence-corrected chi connectivity index (χ2v) is 7.17. The topological polar surface area (TPSA) is 64.0 Å². The van der Waals surface area contributed by atoms with Gasteiger partial charge in [-0.3, -0.25) is 4.68 Å². The minimum Gasteiger partial charge on any atom is -0.274 e. The predicted molar refractivity (Wildman–Crippen MR) is 68.5 cm³/mol. The van der Waals surface area contributed by atoms with E-state index in [9.17, 15) is 8.42 Å². The van der Waals surface area contributed by atoms with Gasteiger partial charge in [-0.1, -0.05) is 15.9 Å². The Morgan fingerprint density at radius 1 is 1.59 bits per heavy atom. The first-order chi connectivity index (χ1) is 7.97. The van der Waals surface area contributed by atoms with Crippen LogP contribution in [0, 0.1) is 5.41 Å². The van der Waals surface area contributed by atoms with Gasteiger partial charge in [0.05, 0.1) is 6.20 Å². The van der Waals surface area contributed by atoms with Crippen LogP contribution in [-0.2, 0) is 17.1 Å². The summed E-state index contributed by atoms with van der Waals surface area (Å²) in [5.41, 5.74) is 0.179. The maximum Gasteiger partial charge on any atom is 0.243 e. The van der Waals surface area contributed by atoms with E-state index in [4.69, 9.17) is 0 Å². The number of nitrogens with zero attached hydrogens (tertiary/aromatic N) is 2. The average molecular weight is 322 g/mol. The first kappa shape index (κ1) is 13.0. The van der Waals surface area contributed by atoms with Crippen molar-refractivity contribution >= 4 is 26.0 Å². The van der Waals surface area contributed by atoms with Crippen LogP contribution in [-0.4, -0.2) is 30.1 Å². The highest BCUT2D eigenvalue weighted by Crippen LogP contribution is 2.48. The van der Waals surface area contributed by atoms with Crippen molar-refractivity contribution in [3.8, 4) is 0 Å². The molecule has 1 aliphatic rings. The molecule has 1 aromatic heterocycles. The molecule has 0 aromatic carbocycles. The standard InChI is InChI=1S/C10H16BrN3O2S/c1-14-7-9(6-12-14)17(15,16)13-8-10(2-3-10)4-5-11/h6-7,13H,2-5,8H2,1H3. The molecule has 2 rings (SSSR count). The molecule has 1 aliphatic carbocycles. The van der Waals surface area contributed by atoms with Crippen LogP contribution < -0.4 is 4.72 Å². The highest BCUT2D eigenvalue weighted by atomic mass is 79.9. The Morgan fingerprint density at radius 3 is 2.76 bits per heavy atom. The highest BCUT2D eigenvalue weighted by molar-refractivity contribution is 9.09. The fraction of sp³-hybridized carbons (Fsp3) is 0.700. The maximum atomic E-state index is 11.9. The van der Waals surface area contributed by atoms with Crippen molar-refractivity contribution in [1.29, 1.82) is 0 Å².